The van der Waals surface area contributed by atoms with Crippen LogP contribution < -0.4 is 5.32 Å². The number of rotatable bonds is 5. The van der Waals surface area contributed by atoms with Crippen molar-refractivity contribution in [2.75, 3.05) is 18.4 Å². The van der Waals surface area contributed by atoms with Gasteiger partial charge < -0.3 is 15.3 Å². The van der Waals surface area contributed by atoms with Crippen LogP contribution in [0.4, 0.5) is 10.5 Å². The van der Waals surface area contributed by atoms with Gasteiger partial charge in [0.25, 0.3) is 0 Å². The molecule has 0 aliphatic heterocycles. The van der Waals surface area contributed by atoms with Crippen LogP contribution in [0.1, 0.15) is 36.5 Å². The van der Waals surface area contributed by atoms with Gasteiger partial charge in [0.05, 0.1) is 11.3 Å². The number of hydrogen-bond acceptors (Lipinski definition) is 2. The van der Waals surface area contributed by atoms with Crippen LogP contribution in [0.15, 0.2) is 22.7 Å². The molecule has 114 valence electrons. The maximum atomic E-state index is 12.3. The summed E-state index contributed by atoms with van der Waals surface area (Å²) in [5, 5.41) is 11.8. The molecular formula is C15H19BrN2O3. The standard InChI is InChI=1S/C15H19BrN2O3/c1-2-18(9-10-4-3-5-10)15(21)17-13-8-11(14(19)20)6-7-12(13)16/h6-8,10H,2-5,9H2,1H3,(H,17,21)(H,19,20). The molecule has 0 atom stereocenters. The van der Waals surface area contributed by atoms with Gasteiger partial charge in [0, 0.05) is 17.6 Å². The van der Waals surface area contributed by atoms with Gasteiger partial charge in [-0.15, -0.1) is 0 Å². The van der Waals surface area contributed by atoms with Crippen LogP contribution in [0.5, 0.6) is 0 Å². The molecule has 2 N–H and O–H groups in total. The van der Waals surface area contributed by atoms with Crippen molar-refractivity contribution in [3.8, 4) is 0 Å². The number of carbonyl (C=O) groups excluding carboxylic acids is 1. The molecule has 1 aliphatic rings. The SMILES string of the molecule is CCN(CC1CCC1)C(=O)Nc1cc(C(=O)O)ccc1Br. The minimum atomic E-state index is -1.01. The predicted molar refractivity (Wildman–Crippen MR) is 84.7 cm³/mol. The number of halogens is 1. The molecule has 1 aliphatic carbocycles. The average molecular weight is 355 g/mol. The van der Waals surface area contributed by atoms with Crippen molar-refractivity contribution < 1.29 is 14.7 Å². The van der Waals surface area contributed by atoms with Crippen LogP contribution in [-0.2, 0) is 0 Å². The lowest BCUT2D eigenvalue weighted by atomic mass is 9.85. The lowest BCUT2D eigenvalue weighted by Gasteiger charge is -2.31. The van der Waals surface area contributed by atoms with Gasteiger partial charge >= 0.3 is 12.0 Å². The number of carboxylic acid groups (broad SMARTS) is 1. The van der Waals surface area contributed by atoms with E-state index in [1.165, 1.54) is 31.4 Å². The molecule has 0 unspecified atom stereocenters. The van der Waals surface area contributed by atoms with E-state index in [0.29, 0.717) is 22.6 Å². The van der Waals surface area contributed by atoms with Gasteiger partial charge in [-0.3, -0.25) is 0 Å². The van der Waals surface area contributed by atoms with Crippen LogP contribution in [0.3, 0.4) is 0 Å². The van der Waals surface area contributed by atoms with E-state index in [2.05, 4.69) is 21.2 Å². The Balaban J connectivity index is 2.06. The van der Waals surface area contributed by atoms with Crippen molar-refractivity contribution in [2.24, 2.45) is 5.92 Å². The fraction of sp³-hybridized carbons (Fsp3) is 0.467. The number of benzene rings is 1. The normalized spacial score (nSPS) is 14.4. The Morgan fingerprint density at radius 1 is 1.43 bits per heavy atom. The number of nitrogens with zero attached hydrogens (tertiary/aromatic N) is 1. The largest absolute Gasteiger partial charge is 0.478 e. The molecule has 1 fully saturated rings. The Kier molecular flexibility index (Phi) is 5.22. The first-order chi connectivity index (χ1) is 10.0. The van der Waals surface area contributed by atoms with E-state index in [1.54, 1.807) is 11.0 Å². The first kappa shape index (κ1) is 15.8. The third-order valence-corrected chi connectivity index (χ3v) is 4.52. The Bertz CT molecular complexity index is 544. The maximum absolute atomic E-state index is 12.3. The van der Waals surface area contributed by atoms with E-state index in [0.717, 1.165) is 6.54 Å². The van der Waals surface area contributed by atoms with Crippen molar-refractivity contribution in [2.45, 2.75) is 26.2 Å². The van der Waals surface area contributed by atoms with Crippen LogP contribution in [-0.4, -0.2) is 35.1 Å². The summed E-state index contributed by atoms with van der Waals surface area (Å²) in [5.74, 6) is -0.413. The summed E-state index contributed by atoms with van der Waals surface area (Å²) >= 11 is 3.33. The number of nitrogens with one attached hydrogen (secondary N) is 1. The second-order valence-corrected chi connectivity index (χ2v) is 6.12. The Morgan fingerprint density at radius 3 is 2.67 bits per heavy atom. The second kappa shape index (κ2) is 6.93. The molecule has 1 aromatic rings. The zero-order chi connectivity index (χ0) is 15.4. The van der Waals surface area contributed by atoms with Gasteiger partial charge in [-0.2, -0.15) is 0 Å². The van der Waals surface area contributed by atoms with Crippen LogP contribution in [0.25, 0.3) is 0 Å². The first-order valence-corrected chi connectivity index (χ1v) is 7.89. The molecule has 2 amide bonds. The molecule has 0 bridgehead atoms. The molecule has 0 saturated heterocycles. The zero-order valence-electron chi connectivity index (χ0n) is 11.9. The predicted octanol–water partition coefficient (Wildman–Crippen LogP) is 3.80. The summed E-state index contributed by atoms with van der Waals surface area (Å²) < 4.78 is 0.667. The molecule has 1 saturated carbocycles. The number of amides is 2. The van der Waals surface area contributed by atoms with Crippen molar-refractivity contribution in [1.29, 1.82) is 0 Å². The number of urea groups is 1. The van der Waals surface area contributed by atoms with Gasteiger partial charge in [-0.1, -0.05) is 6.42 Å². The van der Waals surface area contributed by atoms with Crippen LogP contribution >= 0.6 is 15.9 Å². The number of carbonyl (C=O) groups is 2. The molecule has 21 heavy (non-hydrogen) atoms. The van der Waals surface area contributed by atoms with E-state index < -0.39 is 5.97 Å². The summed E-state index contributed by atoms with van der Waals surface area (Å²) in [4.78, 5) is 25.1. The maximum Gasteiger partial charge on any atom is 0.335 e. The van der Waals surface area contributed by atoms with Gasteiger partial charge in [0.15, 0.2) is 0 Å². The number of anilines is 1. The lowest BCUT2D eigenvalue weighted by Crippen LogP contribution is -2.40. The highest BCUT2D eigenvalue weighted by atomic mass is 79.9. The van der Waals surface area contributed by atoms with Gasteiger partial charge in [-0.05, 0) is 59.8 Å². The van der Waals surface area contributed by atoms with Gasteiger partial charge in [0.1, 0.15) is 0 Å². The molecule has 0 aromatic heterocycles. The van der Waals surface area contributed by atoms with Crippen molar-refractivity contribution in [3.63, 3.8) is 0 Å². The monoisotopic (exact) mass is 354 g/mol. The molecule has 0 radical (unpaired) electrons. The Morgan fingerprint density at radius 2 is 2.14 bits per heavy atom. The van der Waals surface area contributed by atoms with E-state index in [4.69, 9.17) is 5.11 Å². The van der Waals surface area contributed by atoms with Gasteiger partial charge in [0.2, 0.25) is 0 Å². The highest BCUT2D eigenvalue weighted by molar-refractivity contribution is 9.10. The Labute approximate surface area is 132 Å². The smallest absolute Gasteiger partial charge is 0.335 e. The summed E-state index contributed by atoms with van der Waals surface area (Å²) in [5.41, 5.74) is 0.627. The molecular weight excluding hydrogens is 336 g/mol. The quantitative estimate of drug-likeness (QED) is 0.844. The van der Waals surface area contributed by atoms with E-state index in [9.17, 15) is 9.59 Å². The number of hydrogen-bond donors (Lipinski definition) is 2. The highest BCUT2D eigenvalue weighted by Crippen LogP contribution is 2.28. The first-order valence-electron chi connectivity index (χ1n) is 7.10. The van der Waals surface area contributed by atoms with E-state index >= 15 is 0 Å². The third-order valence-electron chi connectivity index (χ3n) is 3.83. The molecule has 0 spiro atoms. The summed E-state index contributed by atoms with van der Waals surface area (Å²) in [7, 11) is 0. The van der Waals surface area contributed by atoms with Crippen molar-refractivity contribution >= 4 is 33.6 Å². The molecule has 0 heterocycles. The number of aromatic carboxylic acids is 1. The van der Waals surface area contributed by atoms with E-state index in [1.807, 2.05) is 6.92 Å². The van der Waals surface area contributed by atoms with Crippen molar-refractivity contribution in [3.05, 3.63) is 28.2 Å². The fourth-order valence-electron chi connectivity index (χ4n) is 2.29. The van der Waals surface area contributed by atoms with Gasteiger partial charge in [-0.25, -0.2) is 9.59 Å². The minimum absolute atomic E-state index is 0.149. The molecule has 1 aromatic carbocycles. The van der Waals surface area contributed by atoms with Crippen LogP contribution in [0.2, 0.25) is 0 Å². The molecule has 2 rings (SSSR count). The molecule has 5 nitrogen and oxygen atoms in total. The fourth-order valence-corrected chi connectivity index (χ4v) is 2.64. The Hall–Kier alpha value is -1.56. The minimum Gasteiger partial charge on any atom is -0.478 e. The van der Waals surface area contributed by atoms with Crippen LogP contribution in [0, 0.1) is 5.92 Å². The highest BCUT2D eigenvalue weighted by Gasteiger charge is 2.23. The summed E-state index contributed by atoms with van der Waals surface area (Å²) in [6, 6.07) is 4.39. The zero-order valence-corrected chi connectivity index (χ0v) is 13.5. The average Bonchev–Trinajstić information content (AvgIpc) is 2.39. The topological polar surface area (TPSA) is 69.6 Å². The number of carboxylic acids is 1. The van der Waals surface area contributed by atoms with E-state index in [-0.39, 0.29) is 11.6 Å². The summed E-state index contributed by atoms with van der Waals surface area (Å²) in [6.07, 6.45) is 3.61. The second-order valence-electron chi connectivity index (χ2n) is 5.27. The van der Waals surface area contributed by atoms with Crippen molar-refractivity contribution in [1.82, 2.24) is 4.90 Å². The molecule has 6 heteroatoms. The summed E-state index contributed by atoms with van der Waals surface area (Å²) in [6.45, 7) is 3.35. The third kappa shape index (κ3) is 3.97. The lowest BCUT2D eigenvalue weighted by molar-refractivity contribution is 0.0697.